The zero-order chi connectivity index (χ0) is 29.0. The number of ether oxygens (including phenoxy) is 2. The number of carbonyl (C=O) groups excluding carboxylic acids is 1. The standard InChI is InChI=1S/C31H22O10/c1-39-24-7-4-15(26-12-22(37)29-19(34)9-17(33)10-27(29)40-26)8-18(24)28-20(35)11-21(36)30-23(38)13-25(41-31(28)30)14-2-5-16(32)6-3-14/h2-12,25,32-36H,13H2,1H3/t25-/m0/s1. The van der Waals surface area contributed by atoms with Crippen LogP contribution in [0.15, 0.2) is 75.9 Å². The molecule has 6 rings (SSSR count). The summed E-state index contributed by atoms with van der Waals surface area (Å²) in [6, 6.07) is 15.3. The van der Waals surface area contributed by atoms with Gasteiger partial charge in [0.25, 0.3) is 0 Å². The molecule has 0 saturated heterocycles. The molecule has 1 aromatic heterocycles. The van der Waals surface area contributed by atoms with Crippen molar-refractivity contribution in [1.29, 1.82) is 0 Å². The molecule has 41 heavy (non-hydrogen) atoms. The zero-order valence-electron chi connectivity index (χ0n) is 21.4. The average Bonchev–Trinajstić information content (AvgIpc) is 2.92. The lowest BCUT2D eigenvalue weighted by Gasteiger charge is -2.29. The maximum absolute atomic E-state index is 13.2. The first-order chi connectivity index (χ1) is 19.6. The van der Waals surface area contributed by atoms with Crippen molar-refractivity contribution in [3.63, 3.8) is 0 Å². The van der Waals surface area contributed by atoms with Crippen molar-refractivity contribution < 1.29 is 44.2 Å². The van der Waals surface area contributed by atoms with Gasteiger partial charge in [0.2, 0.25) is 0 Å². The normalized spacial score (nSPS) is 14.5. The summed E-state index contributed by atoms with van der Waals surface area (Å²) < 4.78 is 17.6. The monoisotopic (exact) mass is 554 g/mol. The van der Waals surface area contributed by atoms with Crippen LogP contribution in [-0.4, -0.2) is 38.4 Å². The highest BCUT2D eigenvalue weighted by Crippen LogP contribution is 2.52. The number of fused-ring (bicyclic) bond motifs is 2. The number of hydrogen-bond acceptors (Lipinski definition) is 10. The second kappa shape index (κ2) is 9.53. The minimum atomic E-state index is -0.774. The van der Waals surface area contributed by atoms with Crippen LogP contribution in [0.2, 0.25) is 0 Å². The smallest absolute Gasteiger partial charge is 0.197 e. The van der Waals surface area contributed by atoms with Gasteiger partial charge in [-0.1, -0.05) is 12.1 Å². The molecule has 0 radical (unpaired) electrons. The molecule has 10 heteroatoms. The number of phenols is 5. The van der Waals surface area contributed by atoms with Crippen LogP contribution in [0.3, 0.4) is 0 Å². The summed E-state index contributed by atoms with van der Waals surface area (Å²) in [6.07, 6.45) is -0.863. The van der Waals surface area contributed by atoms with Gasteiger partial charge in [-0.05, 0) is 35.9 Å². The van der Waals surface area contributed by atoms with Gasteiger partial charge in [0.1, 0.15) is 68.6 Å². The van der Waals surface area contributed by atoms with Crippen molar-refractivity contribution in [2.45, 2.75) is 12.5 Å². The average molecular weight is 555 g/mol. The molecule has 0 aliphatic carbocycles. The number of aromatic hydroxyl groups is 5. The Kier molecular flexibility index (Phi) is 5.95. The third-order valence-electron chi connectivity index (χ3n) is 6.96. The minimum Gasteiger partial charge on any atom is -0.508 e. The number of hydrogen-bond donors (Lipinski definition) is 5. The number of carbonyl (C=O) groups is 1. The fraction of sp³-hybridized carbons (Fsp3) is 0.0968. The topological polar surface area (TPSA) is 167 Å². The maximum atomic E-state index is 13.2. The number of Topliss-reactive ketones (excluding diaryl/α,β-unsaturated/α-hetero) is 1. The van der Waals surface area contributed by atoms with Crippen molar-refractivity contribution >= 4 is 16.8 Å². The zero-order valence-corrected chi connectivity index (χ0v) is 21.4. The van der Waals surface area contributed by atoms with Gasteiger partial charge >= 0.3 is 0 Å². The van der Waals surface area contributed by atoms with E-state index < -0.39 is 34.6 Å². The number of ketones is 1. The largest absolute Gasteiger partial charge is 0.508 e. The maximum Gasteiger partial charge on any atom is 0.197 e. The molecule has 0 unspecified atom stereocenters. The van der Waals surface area contributed by atoms with Gasteiger partial charge in [0.05, 0.1) is 19.1 Å². The van der Waals surface area contributed by atoms with Crippen LogP contribution in [0.25, 0.3) is 33.4 Å². The molecule has 5 N–H and O–H groups in total. The minimum absolute atomic E-state index is 0.0413. The van der Waals surface area contributed by atoms with Crippen molar-refractivity contribution in [3.05, 3.63) is 88.1 Å². The molecule has 1 atom stereocenters. The highest BCUT2D eigenvalue weighted by Gasteiger charge is 2.35. The molecular weight excluding hydrogens is 532 g/mol. The summed E-state index contributed by atoms with van der Waals surface area (Å²) in [6.45, 7) is 0. The first kappa shape index (κ1) is 25.6. The highest BCUT2D eigenvalue weighted by molar-refractivity contribution is 6.06. The predicted molar refractivity (Wildman–Crippen MR) is 147 cm³/mol. The molecule has 2 heterocycles. The molecule has 4 aromatic carbocycles. The molecule has 206 valence electrons. The molecular formula is C31H22O10. The molecule has 1 aliphatic rings. The van der Waals surface area contributed by atoms with E-state index in [0.717, 1.165) is 12.1 Å². The molecule has 0 spiro atoms. The Morgan fingerprint density at radius 3 is 2.24 bits per heavy atom. The Balaban J connectivity index is 1.55. The SMILES string of the molecule is COc1ccc(-c2cc(=O)c3c(O)cc(O)cc3o2)cc1-c1c(O)cc(O)c2c1O[C@H](c1ccc(O)cc1)CC2=O. The fourth-order valence-corrected chi connectivity index (χ4v) is 5.06. The van der Waals surface area contributed by atoms with Crippen LogP contribution in [0.1, 0.15) is 28.4 Å². The number of methoxy groups -OCH3 is 1. The summed E-state index contributed by atoms with van der Waals surface area (Å²) in [5.74, 6) is -1.66. The Labute approximate surface area is 231 Å². The van der Waals surface area contributed by atoms with E-state index in [1.54, 1.807) is 30.3 Å². The molecule has 10 nitrogen and oxygen atoms in total. The van der Waals surface area contributed by atoms with Gasteiger partial charge in [-0.3, -0.25) is 9.59 Å². The van der Waals surface area contributed by atoms with E-state index in [4.69, 9.17) is 13.9 Å². The van der Waals surface area contributed by atoms with Crippen molar-refractivity contribution in [2.75, 3.05) is 7.11 Å². The van der Waals surface area contributed by atoms with E-state index in [0.29, 0.717) is 11.1 Å². The van der Waals surface area contributed by atoms with E-state index in [-0.39, 0.29) is 62.8 Å². The van der Waals surface area contributed by atoms with Crippen molar-refractivity contribution in [2.24, 2.45) is 0 Å². The Hall–Kier alpha value is -5.64. The lowest BCUT2D eigenvalue weighted by molar-refractivity contribution is 0.0846. The van der Waals surface area contributed by atoms with Crippen LogP contribution in [0.4, 0.5) is 0 Å². The van der Waals surface area contributed by atoms with Crippen molar-refractivity contribution in [1.82, 2.24) is 0 Å². The second-order valence-corrected chi connectivity index (χ2v) is 9.55. The second-order valence-electron chi connectivity index (χ2n) is 9.55. The van der Waals surface area contributed by atoms with E-state index in [2.05, 4.69) is 0 Å². The third kappa shape index (κ3) is 4.31. The summed E-state index contributed by atoms with van der Waals surface area (Å²) in [5, 5.41) is 51.2. The van der Waals surface area contributed by atoms with Crippen molar-refractivity contribution in [3.8, 4) is 62.7 Å². The quantitative estimate of drug-likeness (QED) is 0.195. The fourth-order valence-electron chi connectivity index (χ4n) is 5.06. The molecule has 0 bridgehead atoms. The van der Waals surface area contributed by atoms with Gasteiger partial charge < -0.3 is 39.4 Å². The first-order valence-electron chi connectivity index (χ1n) is 12.4. The molecule has 5 aromatic rings. The predicted octanol–water partition coefficient (Wildman–Crippen LogP) is 5.37. The molecule has 0 amide bonds. The Morgan fingerprint density at radius 2 is 1.51 bits per heavy atom. The van der Waals surface area contributed by atoms with Gasteiger partial charge in [-0.25, -0.2) is 0 Å². The number of rotatable bonds is 4. The summed E-state index contributed by atoms with van der Waals surface area (Å²) in [7, 11) is 1.41. The third-order valence-corrected chi connectivity index (χ3v) is 6.96. The molecule has 0 saturated carbocycles. The van der Waals surface area contributed by atoms with E-state index in [1.165, 1.54) is 31.4 Å². The number of phenolic OH excluding ortho intramolecular Hbond substituents is 5. The van der Waals surface area contributed by atoms with Crippen LogP contribution in [0, 0.1) is 0 Å². The first-order valence-corrected chi connectivity index (χ1v) is 12.4. The van der Waals surface area contributed by atoms with Crippen LogP contribution in [-0.2, 0) is 0 Å². The Morgan fingerprint density at radius 1 is 0.780 bits per heavy atom. The summed E-state index contributed by atoms with van der Waals surface area (Å²) in [4.78, 5) is 26.0. The highest BCUT2D eigenvalue weighted by atomic mass is 16.5. The van der Waals surface area contributed by atoms with E-state index in [1.807, 2.05) is 0 Å². The van der Waals surface area contributed by atoms with Crippen LogP contribution >= 0.6 is 0 Å². The van der Waals surface area contributed by atoms with E-state index >= 15 is 0 Å². The lowest BCUT2D eigenvalue weighted by atomic mass is 9.90. The van der Waals surface area contributed by atoms with Crippen LogP contribution < -0.4 is 14.9 Å². The molecule has 0 fully saturated rings. The lowest BCUT2D eigenvalue weighted by Crippen LogP contribution is -2.21. The Bertz CT molecular complexity index is 1920. The number of benzene rings is 4. The van der Waals surface area contributed by atoms with E-state index in [9.17, 15) is 35.1 Å². The van der Waals surface area contributed by atoms with Gasteiger partial charge in [-0.15, -0.1) is 0 Å². The van der Waals surface area contributed by atoms with Gasteiger partial charge in [0, 0.05) is 35.4 Å². The summed E-state index contributed by atoms with van der Waals surface area (Å²) >= 11 is 0. The summed E-state index contributed by atoms with van der Waals surface area (Å²) in [5.41, 5.74) is 0.584. The van der Waals surface area contributed by atoms with Gasteiger partial charge in [-0.2, -0.15) is 0 Å². The van der Waals surface area contributed by atoms with Gasteiger partial charge in [0.15, 0.2) is 11.2 Å². The molecule has 1 aliphatic heterocycles. The van der Waals surface area contributed by atoms with Crippen LogP contribution in [0.5, 0.6) is 40.2 Å².